The summed E-state index contributed by atoms with van der Waals surface area (Å²) in [5.74, 6) is 0. The number of nitrogens with one attached hydrogen (secondary N) is 2. The Labute approximate surface area is 72.7 Å². The molecule has 2 N–H and O–H groups in total. The summed E-state index contributed by atoms with van der Waals surface area (Å²) < 4.78 is 81.4. The van der Waals surface area contributed by atoms with Crippen LogP contribution in [0.1, 0.15) is 0 Å². The molecule has 0 spiro atoms. The molecule has 9 heteroatoms. The molecule has 0 aromatic carbocycles. The first-order valence-electron chi connectivity index (χ1n) is 2.93. The summed E-state index contributed by atoms with van der Waals surface area (Å²) in [5.41, 5.74) is -5.47. The van der Waals surface area contributed by atoms with E-state index in [1.54, 1.807) is 0 Å². The predicted octanol–water partition coefficient (Wildman–Crippen LogP) is 2.49. The quantitative estimate of drug-likeness (QED) is 0.534. The zero-order valence-electron chi connectivity index (χ0n) is 6.22. The lowest BCUT2D eigenvalue weighted by Gasteiger charge is -2.15. The Balaban J connectivity index is 4.74. The van der Waals surface area contributed by atoms with Crippen LogP contribution in [0.5, 0.6) is 0 Å². The molecule has 14 heavy (non-hydrogen) atoms. The number of rotatable bonds is 2. The Kier molecular flexibility index (Phi) is 3.25. The summed E-state index contributed by atoms with van der Waals surface area (Å²) in [6, 6.07) is 0. The molecule has 0 radical (unpaired) electrons. The zero-order chi connectivity index (χ0) is 11.7. The van der Waals surface area contributed by atoms with Crippen molar-refractivity contribution in [1.29, 1.82) is 10.8 Å². The largest absolute Gasteiger partial charge is 0.432 e. The van der Waals surface area contributed by atoms with Crippen LogP contribution in [-0.2, 0) is 0 Å². The average Bonchev–Trinajstić information content (AvgIpc) is 1.97. The molecule has 0 aliphatic carbocycles. The molecule has 0 aliphatic heterocycles. The molecular formula is C5H3F7N2. The Bertz CT molecular complexity index is 224. The first-order valence-corrected chi connectivity index (χ1v) is 2.93. The van der Waals surface area contributed by atoms with Crippen molar-refractivity contribution in [2.75, 3.05) is 0 Å². The fourth-order valence-corrected chi connectivity index (χ4v) is 0.432. The van der Waals surface area contributed by atoms with Gasteiger partial charge in [-0.2, -0.15) is 26.3 Å². The van der Waals surface area contributed by atoms with Gasteiger partial charge in [-0.05, 0) is 0 Å². The van der Waals surface area contributed by atoms with E-state index in [9.17, 15) is 30.7 Å². The molecule has 0 aromatic heterocycles. The maximum atomic E-state index is 12.3. The van der Waals surface area contributed by atoms with Crippen molar-refractivity contribution in [1.82, 2.24) is 0 Å². The lowest BCUT2D eigenvalue weighted by Crippen LogP contribution is -2.42. The van der Waals surface area contributed by atoms with Crippen LogP contribution < -0.4 is 0 Å². The van der Waals surface area contributed by atoms with Gasteiger partial charge in [-0.15, -0.1) is 0 Å². The van der Waals surface area contributed by atoms with Crippen molar-refractivity contribution in [3.05, 3.63) is 0 Å². The third kappa shape index (κ3) is 2.96. The van der Waals surface area contributed by atoms with Crippen LogP contribution in [0.25, 0.3) is 0 Å². The minimum Gasteiger partial charge on any atom is -0.298 e. The Morgan fingerprint density at radius 2 is 1.00 bits per heavy atom. The third-order valence-electron chi connectivity index (χ3n) is 1.12. The van der Waals surface area contributed by atoms with E-state index in [0.29, 0.717) is 0 Å². The van der Waals surface area contributed by atoms with Gasteiger partial charge in [-0.25, -0.2) is 4.39 Å². The highest BCUT2D eigenvalue weighted by Crippen LogP contribution is 2.25. The number of halogens is 7. The van der Waals surface area contributed by atoms with E-state index in [0.717, 1.165) is 0 Å². The van der Waals surface area contributed by atoms with E-state index >= 15 is 0 Å². The monoisotopic (exact) mass is 224 g/mol. The van der Waals surface area contributed by atoms with Crippen LogP contribution in [0.15, 0.2) is 0 Å². The molecule has 2 nitrogen and oxygen atoms in total. The van der Waals surface area contributed by atoms with E-state index < -0.39 is 29.9 Å². The van der Waals surface area contributed by atoms with E-state index in [-0.39, 0.29) is 0 Å². The number of hydrogen-bond donors (Lipinski definition) is 2. The summed E-state index contributed by atoms with van der Waals surface area (Å²) in [7, 11) is 0. The van der Waals surface area contributed by atoms with Crippen molar-refractivity contribution in [3.63, 3.8) is 0 Å². The van der Waals surface area contributed by atoms with Gasteiger partial charge in [0.05, 0.1) is 0 Å². The molecular weight excluding hydrogens is 221 g/mol. The van der Waals surface area contributed by atoms with Crippen molar-refractivity contribution in [3.8, 4) is 0 Å². The van der Waals surface area contributed by atoms with E-state index in [1.807, 2.05) is 0 Å². The smallest absolute Gasteiger partial charge is 0.298 e. The molecule has 0 saturated heterocycles. The molecule has 0 rings (SSSR count). The standard InChI is InChI=1S/C5H3F7N2/c6-1(2(13)4(7,8)9)3(14)5(10,11)12/h1,13-14H. The molecule has 0 saturated carbocycles. The first-order chi connectivity index (χ1) is 5.98. The zero-order valence-corrected chi connectivity index (χ0v) is 6.22. The lowest BCUT2D eigenvalue weighted by atomic mass is 10.1. The molecule has 0 aliphatic rings. The summed E-state index contributed by atoms with van der Waals surface area (Å²) in [5, 5.41) is 12.0. The Morgan fingerprint density at radius 3 is 1.14 bits per heavy atom. The molecule has 0 atom stereocenters. The van der Waals surface area contributed by atoms with E-state index in [4.69, 9.17) is 10.8 Å². The van der Waals surface area contributed by atoms with Gasteiger partial charge in [0, 0.05) is 0 Å². The van der Waals surface area contributed by atoms with Crippen molar-refractivity contribution in [2.24, 2.45) is 0 Å². The average molecular weight is 224 g/mol. The van der Waals surface area contributed by atoms with E-state index in [2.05, 4.69) is 0 Å². The van der Waals surface area contributed by atoms with Crippen molar-refractivity contribution < 1.29 is 30.7 Å². The van der Waals surface area contributed by atoms with Crippen molar-refractivity contribution >= 4 is 11.4 Å². The van der Waals surface area contributed by atoms with Crippen LogP contribution in [0.2, 0.25) is 0 Å². The molecule has 0 heterocycles. The molecule has 82 valence electrons. The number of hydrogen-bond acceptors (Lipinski definition) is 2. The summed E-state index contributed by atoms with van der Waals surface area (Å²) in [4.78, 5) is 0. The topological polar surface area (TPSA) is 47.7 Å². The van der Waals surface area contributed by atoms with Gasteiger partial charge in [0.15, 0.2) is 17.6 Å². The Morgan fingerprint density at radius 1 is 0.786 bits per heavy atom. The van der Waals surface area contributed by atoms with Crippen LogP contribution in [0.4, 0.5) is 30.7 Å². The van der Waals surface area contributed by atoms with Crippen molar-refractivity contribution in [2.45, 2.75) is 18.5 Å². The maximum Gasteiger partial charge on any atom is 0.432 e. The molecule has 0 amide bonds. The van der Waals surface area contributed by atoms with Crippen LogP contribution in [0.3, 0.4) is 0 Å². The van der Waals surface area contributed by atoms with E-state index in [1.165, 1.54) is 0 Å². The SMILES string of the molecule is N=C(C(F)C(=N)C(F)(F)F)C(F)(F)F. The predicted molar refractivity (Wildman–Crippen MR) is 32.5 cm³/mol. The highest BCUT2D eigenvalue weighted by molar-refractivity contribution is 6.11. The molecule has 0 fully saturated rings. The third-order valence-corrected chi connectivity index (χ3v) is 1.12. The second-order valence-corrected chi connectivity index (χ2v) is 2.19. The van der Waals surface area contributed by atoms with Gasteiger partial charge in [0.25, 0.3) is 0 Å². The summed E-state index contributed by atoms with van der Waals surface area (Å²) >= 11 is 0. The van der Waals surface area contributed by atoms with Gasteiger partial charge in [0.1, 0.15) is 0 Å². The minimum atomic E-state index is -5.50. The van der Waals surface area contributed by atoms with Gasteiger partial charge in [-0.1, -0.05) is 0 Å². The first kappa shape index (κ1) is 12.8. The summed E-state index contributed by atoms with van der Waals surface area (Å²) in [6.45, 7) is 0. The van der Waals surface area contributed by atoms with Gasteiger partial charge < -0.3 is 0 Å². The van der Waals surface area contributed by atoms with Crippen LogP contribution >= 0.6 is 0 Å². The Hall–Kier alpha value is -1.15. The molecule has 0 bridgehead atoms. The second-order valence-electron chi connectivity index (χ2n) is 2.19. The highest BCUT2D eigenvalue weighted by atomic mass is 19.4. The molecule has 0 unspecified atom stereocenters. The van der Waals surface area contributed by atoms with Gasteiger partial charge in [-0.3, -0.25) is 10.8 Å². The second kappa shape index (κ2) is 3.54. The normalized spacial score (nSPS) is 15.1. The fourth-order valence-electron chi connectivity index (χ4n) is 0.432. The molecule has 0 aromatic rings. The minimum absolute atomic E-state index is 2.74. The lowest BCUT2D eigenvalue weighted by molar-refractivity contribution is -0.0706. The van der Waals surface area contributed by atoms with Gasteiger partial charge >= 0.3 is 12.4 Å². The fraction of sp³-hybridized carbons (Fsp3) is 0.600. The summed E-state index contributed by atoms with van der Waals surface area (Å²) in [6.07, 6.45) is -14.8. The van der Waals surface area contributed by atoms with Crippen LogP contribution in [0, 0.1) is 10.8 Å². The number of alkyl halides is 7. The van der Waals surface area contributed by atoms with Gasteiger partial charge in [0.2, 0.25) is 0 Å². The maximum absolute atomic E-state index is 12.3. The van der Waals surface area contributed by atoms with Crippen LogP contribution in [-0.4, -0.2) is 29.9 Å². The highest BCUT2D eigenvalue weighted by Gasteiger charge is 2.48.